The average Bonchev–Trinajstić information content (AvgIpc) is 3.37. The smallest absolute Gasteiger partial charge is 0.269 e. The Kier molecular flexibility index (Phi) is 4.67. The number of nitrogens with zero attached hydrogens (tertiary/aromatic N) is 4. The highest BCUT2D eigenvalue weighted by Crippen LogP contribution is 2.21. The van der Waals surface area contributed by atoms with E-state index in [1.54, 1.807) is 56.0 Å². The number of carbonyl (C=O) groups excluding carboxylic acids is 1. The Labute approximate surface area is 159 Å². The summed E-state index contributed by atoms with van der Waals surface area (Å²) in [5.41, 5.74) is 2.85. The van der Waals surface area contributed by atoms with Gasteiger partial charge in [-0.2, -0.15) is 5.10 Å². The van der Waals surface area contributed by atoms with Gasteiger partial charge in [0.05, 0.1) is 24.2 Å². The number of hydrogen-bond donors (Lipinski definition) is 1. The molecule has 3 aromatic heterocycles. The molecule has 1 amide bonds. The maximum atomic E-state index is 13.1. The van der Waals surface area contributed by atoms with Crippen molar-refractivity contribution in [1.29, 1.82) is 0 Å². The zero-order valence-corrected chi connectivity index (χ0v) is 15.0. The first-order chi connectivity index (χ1) is 13.6. The van der Waals surface area contributed by atoms with Gasteiger partial charge in [-0.15, -0.1) is 0 Å². The van der Waals surface area contributed by atoms with Crippen LogP contribution < -0.4 is 5.32 Å². The Morgan fingerprint density at radius 2 is 1.96 bits per heavy atom. The quantitative estimate of drug-likeness (QED) is 0.577. The minimum Gasteiger partial charge on any atom is -0.463 e. The molecule has 0 saturated carbocycles. The van der Waals surface area contributed by atoms with E-state index in [4.69, 9.17) is 4.42 Å². The molecule has 8 heteroatoms. The van der Waals surface area contributed by atoms with Crippen LogP contribution in [-0.2, 0) is 13.6 Å². The number of benzene rings is 1. The molecule has 7 nitrogen and oxygen atoms in total. The Hall–Kier alpha value is -3.81. The Morgan fingerprint density at radius 1 is 1.18 bits per heavy atom. The molecule has 0 radical (unpaired) electrons. The lowest BCUT2D eigenvalue weighted by atomic mass is 10.1. The fourth-order valence-electron chi connectivity index (χ4n) is 2.81. The molecule has 1 N–H and O–H groups in total. The summed E-state index contributed by atoms with van der Waals surface area (Å²) < 4.78 is 20.0. The zero-order valence-electron chi connectivity index (χ0n) is 15.0. The van der Waals surface area contributed by atoms with Crippen molar-refractivity contribution in [2.45, 2.75) is 6.54 Å². The summed E-state index contributed by atoms with van der Waals surface area (Å²) in [7, 11) is 1.68. The van der Waals surface area contributed by atoms with Crippen LogP contribution in [0, 0.1) is 5.82 Å². The van der Waals surface area contributed by atoms with E-state index in [2.05, 4.69) is 20.4 Å². The van der Waals surface area contributed by atoms with Crippen molar-refractivity contribution < 1.29 is 13.6 Å². The van der Waals surface area contributed by atoms with E-state index in [-0.39, 0.29) is 18.3 Å². The normalized spacial score (nSPS) is 10.8. The highest BCUT2D eigenvalue weighted by Gasteiger charge is 2.16. The molecule has 0 fully saturated rings. The third-order valence-electron chi connectivity index (χ3n) is 4.20. The number of furan rings is 1. The fourth-order valence-corrected chi connectivity index (χ4v) is 2.81. The van der Waals surface area contributed by atoms with Crippen LogP contribution in [0.25, 0.3) is 22.7 Å². The topological polar surface area (TPSA) is 85.8 Å². The Balaban J connectivity index is 1.52. The van der Waals surface area contributed by atoms with Crippen molar-refractivity contribution in [2.75, 3.05) is 0 Å². The summed E-state index contributed by atoms with van der Waals surface area (Å²) in [6.07, 6.45) is 4.68. The van der Waals surface area contributed by atoms with Crippen molar-refractivity contribution in [3.63, 3.8) is 0 Å². The summed E-state index contributed by atoms with van der Waals surface area (Å²) in [5.74, 6) is -0.0510. The molecule has 1 aromatic carbocycles. The first kappa shape index (κ1) is 17.6. The number of carbonyl (C=O) groups is 1. The number of amides is 1. The molecule has 4 rings (SSSR count). The van der Waals surface area contributed by atoms with Crippen molar-refractivity contribution in [2.24, 2.45) is 7.05 Å². The average molecular weight is 377 g/mol. The number of nitrogens with one attached hydrogen (secondary N) is 1. The minimum atomic E-state index is -0.325. The van der Waals surface area contributed by atoms with Gasteiger partial charge in [0.15, 0.2) is 5.76 Å². The lowest BCUT2D eigenvalue weighted by Gasteiger charge is -2.07. The summed E-state index contributed by atoms with van der Waals surface area (Å²) in [6.45, 7) is 0.180. The molecule has 0 saturated heterocycles. The van der Waals surface area contributed by atoms with Crippen LogP contribution in [0.2, 0.25) is 0 Å². The lowest BCUT2D eigenvalue weighted by Crippen LogP contribution is -2.26. The predicted octanol–water partition coefficient (Wildman–Crippen LogP) is 3.21. The molecule has 0 bridgehead atoms. The molecule has 28 heavy (non-hydrogen) atoms. The number of halogens is 1. The van der Waals surface area contributed by atoms with Gasteiger partial charge < -0.3 is 9.73 Å². The lowest BCUT2D eigenvalue weighted by molar-refractivity contribution is 0.0941. The van der Waals surface area contributed by atoms with E-state index in [9.17, 15) is 9.18 Å². The molecule has 0 aliphatic carbocycles. The van der Waals surface area contributed by atoms with Gasteiger partial charge in [0.25, 0.3) is 5.91 Å². The van der Waals surface area contributed by atoms with Crippen LogP contribution in [0.15, 0.2) is 65.5 Å². The summed E-state index contributed by atoms with van der Waals surface area (Å²) in [4.78, 5) is 21.2. The van der Waals surface area contributed by atoms with Gasteiger partial charge in [-0.3, -0.25) is 14.5 Å². The van der Waals surface area contributed by atoms with Gasteiger partial charge in [0, 0.05) is 25.0 Å². The highest BCUT2D eigenvalue weighted by molar-refractivity contribution is 5.93. The molecule has 0 unspecified atom stereocenters. The number of hydrogen-bond acceptors (Lipinski definition) is 5. The van der Waals surface area contributed by atoms with Crippen molar-refractivity contribution >= 4 is 5.91 Å². The predicted molar refractivity (Wildman–Crippen MR) is 99.5 cm³/mol. The molecule has 0 aliphatic rings. The fraction of sp³-hybridized carbons (Fsp3) is 0.100. The Morgan fingerprint density at radius 3 is 2.71 bits per heavy atom. The van der Waals surface area contributed by atoms with E-state index < -0.39 is 0 Å². The van der Waals surface area contributed by atoms with E-state index in [0.29, 0.717) is 28.5 Å². The molecule has 140 valence electrons. The van der Waals surface area contributed by atoms with Gasteiger partial charge in [0.2, 0.25) is 0 Å². The van der Waals surface area contributed by atoms with E-state index in [1.165, 1.54) is 16.8 Å². The van der Waals surface area contributed by atoms with Gasteiger partial charge in [-0.25, -0.2) is 9.37 Å². The van der Waals surface area contributed by atoms with Gasteiger partial charge >= 0.3 is 0 Å². The van der Waals surface area contributed by atoms with Gasteiger partial charge in [0.1, 0.15) is 17.2 Å². The molecule has 0 atom stereocenters. The molecular weight excluding hydrogens is 361 g/mol. The van der Waals surface area contributed by atoms with Crippen molar-refractivity contribution in [3.8, 4) is 22.7 Å². The summed E-state index contributed by atoms with van der Waals surface area (Å²) in [5, 5.41) is 7.16. The number of aromatic nitrogens is 4. The maximum absolute atomic E-state index is 13.1. The maximum Gasteiger partial charge on any atom is 0.269 e. The number of aryl methyl sites for hydroxylation is 1. The second-order valence-corrected chi connectivity index (χ2v) is 6.06. The summed E-state index contributed by atoms with van der Waals surface area (Å²) in [6, 6.07) is 11.2. The highest BCUT2D eigenvalue weighted by atomic mass is 19.1. The SMILES string of the molecule is Cn1nc(-c2ccc(F)cc2)cc1C(=O)NCc1nccnc1-c1ccco1. The second kappa shape index (κ2) is 7.43. The van der Waals surface area contributed by atoms with Crippen LogP contribution >= 0.6 is 0 Å². The van der Waals surface area contributed by atoms with E-state index in [0.717, 1.165) is 5.56 Å². The Bertz CT molecular complexity index is 1100. The minimum absolute atomic E-state index is 0.180. The van der Waals surface area contributed by atoms with Gasteiger partial charge in [-0.1, -0.05) is 0 Å². The first-order valence-electron chi connectivity index (χ1n) is 8.54. The van der Waals surface area contributed by atoms with E-state index >= 15 is 0 Å². The van der Waals surface area contributed by atoms with Crippen LogP contribution in [-0.4, -0.2) is 25.7 Å². The van der Waals surface area contributed by atoms with E-state index in [1.807, 2.05) is 0 Å². The third-order valence-corrected chi connectivity index (χ3v) is 4.20. The van der Waals surface area contributed by atoms with Gasteiger partial charge in [-0.05, 0) is 42.5 Å². The standard InChI is InChI=1S/C20H16FN5O2/c1-26-17(11-15(25-26)13-4-6-14(21)7-5-13)20(27)24-12-16-19(23-9-8-22-16)18-3-2-10-28-18/h2-11H,12H2,1H3,(H,24,27). The zero-order chi connectivity index (χ0) is 19.5. The van der Waals surface area contributed by atoms with Crippen molar-refractivity contribution in [1.82, 2.24) is 25.1 Å². The molecule has 0 aliphatic heterocycles. The largest absolute Gasteiger partial charge is 0.463 e. The molecule has 4 aromatic rings. The molecule has 3 heterocycles. The second-order valence-electron chi connectivity index (χ2n) is 6.06. The first-order valence-corrected chi connectivity index (χ1v) is 8.54. The summed E-state index contributed by atoms with van der Waals surface area (Å²) >= 11 is 0. The third kappa shape index (κ3) is 3.52. The van der Waals surface area contributed by atoms with Crippen LogP contribution in [0.4, 0.5) is 4.39 Å². The van der Waals surface area contributed by atoms with Crippen LogP contribution in [0.5, 0.6) is 0 Å². The van der Waals surface area contributed by atoms with Crippen LogP contribution in [0.3, 0.4) is 0 Å². The molecule has 0 spiro atoms. The van der Waals surface area contributed by atoms with Crippen LogP contribution in [0.1, 0.15) is 16.2 Å². The molecular formula is C20H16FN5O2. The van der Waals surface area contributed by atoms with Crippen molar-refractivity contribution in [3.05, 3.63) is 78.3 Å². The monoisotopic (exact) mass is 377 g/mol. The number of rotatable bonds is 5.